The van der Waals surface area contributed by atoms with Gasteiger partial charge in [-0.25, -0.2) is 0 Å². The minimum Gasteiger partial charge on any atom is -0.382 e. The van der Waals surface area contributed by atoms with Crippen LogP contribution < -0.4 is 5.32 Å². The number of likely N-dealkylation sites (N-methyl/N-ethyl adjacent to an activating group) is 1. The second-order valence-electron chi connectivity index (χ2n) is 4.20. The van der Waals surface area contributed by atoms with Crippen LogP contribution in [0, 0.1) is 0 Å². The molecule has 1 aromatic rings. The van der Waals surface area contributed by atoms with Crippen molar-refractivity contribution in [1.82, 2.24) is 15.2 Å². The van der Waals surface area contributed by atoms with Crippen molar-refractivity contribution in [3.63, 3.8) is 0 Å². The molecule has 5 nitrogen and oxygen atoms in total. The normalized spacial score (nSPS) is 20.8. The zero-order chi connectivity index (χ0) is 13.1. The van der Waals surface area contributed by atoms with E-state index in [-0.39, 0.29) is 0 Å². The molecule has 0 aromatic carbocycles. The van der Waals surface area contributed by atoms with Crippen LogP contribution in [-0.4, -0.2) is 34.0 Å². The van der Waals surface area contributed by atoms with Gasteiger partial charge in [0.05, 0.1) is 5.70 Å². The Morgan fingerprint density at radius 2 is 2.44 bits per heavy atom. The van der Waals surface area contributed by atoms with Crippen molar-refractivity contribution in [3.05, 3.63) is 41.5 Å². The fourth-order valence-electron chi connectivity index (χ4n) is 2.23. The van der Waals surface area contributed by atoms with Crippen molar-refractivity contribution in [2.75, 3.05) is 6.54 Å². The fourth-order valence-corrected chi connectivity index (χ4v) is 2.23. The average Bonchev–Trinajstić information content (AvgIpc) is 2.75. The molecule has 2 rings (SSSR count). The number of pyridine rings is 1. The lowest BCUT2D eigenvalue weighted by Gasteiger charge is -2.21. The molecule has 2 heterocycles. The van der Waals surface area contributed by atoms with Gasteiger partial charge in [-0.05, 0) is 19.9 Å². The molecule has 2 atom stereocenters. The predicted octanol–water partition coefficient (Wildman–Crippen LogP) is 0.797. The molecule has 0 amide bonds. The summed E-state index contributed by atoms with van der Waals surface area (Å²) in [6.45, 7) is 4.58. The molecule has 5 heteroatoms. The van der Waals surface area contributed by atoms with E-state index in [0.29, 0.717) is 17.8 Å². The monoisotopic (exact) mass is 247 g/mol. The third-order valence-electron chi connectivity index (χ3n) is 3.20. The number of aliphatic hydroxyl groups excluding tert-OH is 1. The number of carbonyl (C=O) groups is 1. The second-order valence-corrected chi connectivity index (χ2v) is 4.20. The van der Waals surface area contributed by atoms with Crippen LogP contribution in [0.2, 0.25) is 0 Å². The van der Waals surface area contributed by atoms with Gasteiger partial charge < -0.3 is 15.3 Å². The molecule has 0 fully saturated rings. The summed E-state index contributed by atoms with van der Waals surface area (Å²) in [6, 6.07) is 3.59. The standard InChI is InChI=1S/C13H17N3O2/c1-3-16-9(2)12(15-11(16)8-17)13(18)10-5-4-6-14-7-10/h4-8,11,13,15,18H,3H2,1-2H3. The second kappa shape index (κ2) is 5.18. The number of aliphatic hydroxyl groups is 1. The Hall–Kier alpha value is -1.88. The Kier molecular flexibility index (Phi) is 3.62. The van der Waals surface area contributed by atoms with Gasteiger partial charge in [-0.1, -0.05) is 6.07 Å². The van der Waals surface area contributed by atoms with Gasteiger partial charge in [-0.15, -0.1) is 0 Å². The SMILES string of the molecule is CCN1C(C)=C(C(O)c2cccnc2)NC1C=O. The molecule has 0 saturated carbocycles. The number of hydrogen-bond donors (Lipinski definition) is 2. The van der Waals surface area contributed by atoms with Crippen LogP contribution in [0.3, 0.4) is 0 Å². The maximum atomic E-state index is 11.0. The van der Waals surface area contributed by atoms with E-state index in [2.05, 4.69) is 10.3 Å². The smallest absolute Gasteiger partial charge is 0.162 e. The van der Waals surface area contributed by atoms with E-state index in [4.69, 9.17) is 0 Å². The number of rotatable bonds is 4. The van der Waals surface area contributed by atoms with E-state index in [0.717, 1.165) is 12.0 Å². The first kappa shape index (κ1) is 12.6. The van der Waals surface area contributed by atoms with E-state index in [1.54, 1.807) is 18.5 Å². The minimum atomic E-state index is -0.780. The van der Waals surface area contributed by atoms with Gasteiger partial charge in [0.1, 0.15) is 6.10 Å². The van der Waals surface area contributed by atoms with Crippen molar-refractivity contribution in [2.45, 2.75) is 26.1 Å². The van der Waals surface area contributed by atoms with Crippen LogP contribution in [0.1, 0.15) is 25.5 Å². The van der Waals surface area contributed by atoms with Crippen LogP contribution in [0.5, 0.6) is 0 Å². The molecular formula is C13H17N3O2. The van der Waals surface area contributed by atoms with E-state index in [1.807, 2.05) is 24.8 Å². The maximum absolute atomic E-state index is 11.0. The molecule has 96 valence electrons. The van der Waals surface area contributed by atoms with Gasteiger partial charge in [0.2, 0.25) is 0 Å². The molecular weight excluding hydrogens is 230 g/mol. The third kappa shape index (κ3) is 2.09. The summed E-state index contributed by atoms with van der Waals surface area (Å²) in [7, 11) is 0. The highest BCUT2D eigenvalue weighted by atomic mass is 16.3. The van der Waals surface area contributed by atoms with Crippen LogP contribution in [-0.2, 0) is 4.79 Å². The highest BCUT2D eigenvalue weighted by molar-refractivity contribution is 5.60. The zero-order valence-corrected chi connectivity index (χ0v) is 10.5. The zero-order valence-electron chi connectivity index (χ0n) is 10.5. The Morgan fingerprint density at radius 3 is 2.94 bits per heavy atom. The molecule has 1 aliphatic heterocycles. The molecule has 0 spiro atoms. The Balaban J connectivity index is 2.28. The number of allylic oxidation sites excluding steroid dienone is 1. The summed E-state index contributed by atoms with van der Waals surface area (Å²) in [5.41, 5.74) is 2.27. The molecule has 0 bridgehead atoms. The van der Waals surface area contributed by atoms with Crippen LogP contribution >= 0.6 is 0 Å². The van der Waals surface area contributed by atoms with Crippen molar-refractivity contribution in [3.8, 4) is 0 Å². The molecule has 2 unspecified atom stereocenters. The van der Waals surface area contributed by atoms with Crippen molar-refractivity contribution in [1.29, 1.82) is 0 Å². The first-order chi connectivity index (χ1) is 8.69. The lowest BCUT2D eigenvalue weighted by molar-refractivity contribution is -0.112. The largest absolute Gasteiger partial charge is 0.382 e. The molecule has 1 aliphatic rings. The van der Waals surface area contributed by atoms with Gasteiger partial charge >= 0.3 is 0 Å². The van der Waals surface area contributed by atoms with E-state index in [1.165, 1.54) is 0 Å². The fraction of sp³-hybridized carbons (Fsp3) is 0.385. The van der Waals surface area contributed by atoms with Gasteiger partial charge in [-0.3, -0.25) is 9.78 Å². The minimum absolute atomic E-state index is 0.392. The molecule has 0 aliphatic carbocycles. The summed E-state index contributed by atoms with van der Waals surface area (Å²) in [5.74, 6) is 0. The van der Waals surface area contributed by atoms with Crippen LogP contribution in [0.4, 0.5) is 0 Å². The number of carbonyl (C=O) groups excluding carboxylic acids is 1. The van der Waals surface area contributed by atoms with Crippen molar-refractivity contribution in [2.24, 2.45) is 0 Å². The number of nitrogens with zero attached hydrogens (tertiary/aromatic N) is 2. The molecule has 1 aromatic heterocycles. The first-order valence-electron chi connectivity index (χ1n) is 5.96. The van der Waals surface area contributed by atoms with Crippen LogP contribution in [0.15, 0.2) is 35.9 Å². The topological polar surface area (TPSA) is 65.5 Å². The average molecular weight is 247 g/mol. The maximum Gasteiger partial charge on any atom is 0.162 e. The lowest BCUT2D eigenvalue weighted by Crippen LogP contribution is -2.38. The van der Waals surface area contributed by atoms with Crippen LogP contribution in [0.25, 0.3) is 0 Å². The summed E-state index contributed by atoms with van der Waals surface area (Å²) in [6.07, 6.45) is 2.95. The van der Waals surface area contributed by atoms with Crippen molar-refractivity contribution >= 4 is 6.29 Å². The Labute approximate surface area is 106 Å². The van der Waals surface area contributed by atoms with Gasteiger partial charge in [-0.2, -0.15) is 0 Å². The number of hydrogen-bond acceptors (Lipinski definition) is 5. The molecule has 0 saturated heterocycles. The molecule has 0 radical (unpaired) electrons. The van der Waals surface area contributed by atoms with E-state index >= 15 is 0 Å². The first-order valence-corrected chi connectivity index (χ1v) is 5.96. The van der Waals surface area contributed by atoms with E-state index in [9.17, 15) is 9.90 Å². The summed E-state index contributed by atoms with van der Waals surface area (Å²) in [4.78, 5) is 16.9. The number of nitrogens with one attached hydrogen (secondary N) is 1. The van der Waals surface area contributed by atoms with Gasteiger partial charge in [0, 0.05) is 30.2 Å². The Bertz CT molecular complexity index is 459. The van der Waals surface area contributed by atoms with Gasteiger partial charge in [0.15, 0.2) is 12.5 Å². The lowest BCUT2D eigenvalue weighted by atomic mass is 10.1. The summed E-state index contributed by atoms with van der Waals surface area (Å²) in [5, 5.41) is 13.4. The summed E-state index contributed by atoms with van der Waals surface area (Å²) < 4.78 is 0. The van der Waals surface area contributed by atoms with Crippen molar-refractivity contribution < 1.29 is 9.90 Å². The third-order valence-corrected chi connectivity index (χ3v) is 3.20. The predicted molar refractivity (Wildman–Crippen MR) is 67.3 cm³/mol. The molecule has 18 heavy (non-hydrogen) atoms. The van der Waals surface area contributed by atoms with E-state index < -0.39 is 12.3 Å². The highest BCUT2D eigenvalue weighted by Crippen LogP contribution is 2.28. The Morgan fingerprint density at radius 1 is 1.67 bits per heavy atom. The van der Waals surface area contributed by atoms with Gasteiger partial charge in [0.25, 0.3) is 0 Å². The molecule has 2 N–H and O–H groups in total. The quantitative estimate of drug-likeness (QED) is 0.770. The number of aldehydes is 1. The summed E-state index contributed by atoms with van der Waals surface area (Å²) >= 11 is 0. The highest BCUT2D eigenvalue weighted by Gasteiger charge is 2.31. The number of aromatic nitrogens is 1.